The van der Waals surface area contributed by atoms with Crippen LogP contribution in [0.2, 0.25) is 0 Å². The predicted octanol–water partition coefficient (Wildman–Crippen LogP) is 2.66. The Morgan fingerprint density at radius 2 is 1.84 bits per heavy atom. The number of hydrogen-bond donors (Lipinski definition) is 0. The Labute approximate surface area is 113 Å². The highest BCUT2D eigenvalue weighted by Gasteiger charge is 2.61. The van der Waals surface area contributed by atoms with Crippen molar-refractivity contribution in [3.63, 3.8) is 0 Å². The van der Waals surface area contributed by atoms with E-state index in [0.29, 0.717) is 12.5 Å². The lowest BCUT2D eigenvalue weighted by atomic mass is 10.1. The van der Waals surface area contributed by atoms with Crippen molar-refractivity contribution < 1.29 is 14.2 Å². The van der Waals surface area contributed by atoms with Crippen molar-refractivity contribution in [1.82, 2.24) is 0 Å². The van der Waals surface area contributed by atoms with E-state index in [1.807, 2.05) is 32.0 Å². The SMILES string of the molecule is CC1(C)O[C@@H]2[C@H](O1)C1C=C1[C@@H]2OCc1ccccc1. The summed E-state index contributed by atoms with van der Waals surface area (Å²) in [6.07, 6.45) is 2.54. The van der Waals surface area contributed by atoms with Crippen LogP contribution >= 0.6 is 0 Å². The maximum Gasteiger partial charge on any atom is 0.163 e. The van der Waals surface area contributed by atoms with Gasteiger partial charge in [0.1, 0.15) is 18.3 Å². The summed E-state index contributed by atoms with van der Waals surface area (Å²) in [6, 6.07) is 10.3. The van der Waals surface area contributed by atoms with Crippen molar-refractivity contribution in [2.24, 2.45) is 5.92 Å². The van der Waals surface area contributed by atoms with E-state index in [2.05, 4.69) is 18.2 Å². The monoisotopic (exact) mass is 258 g/mol. The number of hydrogen-bond acceptors (Lipinski definition) is 3. The summed E-state index contributed by atoms with van der Waals surface area (Å²) in [5, 5.41) is 0. The molecule has 3 aliphatic rings. The standard InChI is InChI=1S/C16H18O3/c1-16(2)18-14-12-8-11(12)13(15(14)19-16)17-9-10-6-4-3-5-7-10/h3-8,12-15H,9H2,1-2H3/t12?,13-,14+,15-/m0/s1. The number of ether oxygens (including phenoxy) is 3. The first-order valence-corrected chi connectivity index (χ1v) is 6.87. The van der Waals surface area contributed by atoms with Crippen LogP contribution in [0.4, 0.5) is 0 Å². The van der Waals surface area contributed by atoms with Gasteiger partial charge in [-0.15, -0.1) is 0 Å². The first-order valence-electron chi connectivity index (χ1n) is 6.87. The van der Waals surface area contributed by atoms with Crippen LogP contribution in [0.5, 0.6) is 0 Å². The quantitative estimate of drug-likeness (QED) is 0.780. The smallest absolute Gasteiger partial charge is 0.163 e. The summed E-state index contributed by atoms with van der Waals surface area (Å²) in [6.45, 7) is 4.58. The fraction of sp³-hybridized carbons (Fsp3) is 0.500. The van der Waals surface area contributed by atoms with Crippen molar-refractivity contribution in [2.45, 2.75) is 44.6 Å². The Hall–Kier alpha value is -1.16. The Morgan fingerprint density at radius 1 is 1.11 bits per heavy atom. The third kappa shape index (κ3) is 1.93. The van der Waals surface area contributed by atoms with Crippen molar-refractivity contribution in [3.05, 3.63) is 47.5 Å². The van der Waals surface area contributed by atoms with E-state index < -0.39 is 5.79 Å². The molecule has 1 saturated carbocycles. The minimum atomic E-state index is -0.481. The largest absolute Gasteiger partial charge is 0.366 e. The molecule has 0 amide bonds. The van der Waals surface area contributed by atoms with Gasteiger partial charge in [-0.1, -0.05) is 36.4 Å². The fourth-order valence-electron chi connectivity index (χ4n) is 3.20. The van der Waals surface area contributed by atoms with Gasteiger partial charge in [0.15, 0.2) is 5.79 Å². The van der Waals surface area contributed by atoms with Crippen LogP contribution in [0.25, 0.3) is 0 Å². The molecule has 4 rings (SSSR count). The van der Waals surface area contributed by atoms with Gasteiger partial charge in [-0.25, -0.2) is 0 Å². The van der Waals surface area contributed by atoms with Crippen LogP contribution in [0.3, 0.4) is 0 Å². The van der Waals surface area contributed by atoms with E-state index in [-0.39, 0.29) is 18.3 Å². The third-order valence-corrected chi connectivity index (χ3v) is 4.06. The molecule has 0 bridgehead atoms. The second kappa shape index (κ2) is 3.92. The van der Waals surface area contributed by atoms with Gasteiger partial charge < -0.3 is 14.2 Å². The first kappa shape index (κ1) is 11.6. The maximum absolute atomic E-state index is 6.08. The van der Waals surface area contributed by atoms with Gasteiger partial charge in [-0.05, 0) is 25.0 Å². The molecule has 2 fully saturated rings. The van der Waals surface area contributed by atoms with Crippen molar-refractivity contribution >= 4 is 0 Å². The van der Waals surface area contributed by atoms with Gasteiger partial charge in [-0.2, -0.15) is 0 Å². The molecule has 1 aromatic carbocycles. The summed E-state index contributed by atoms with van der Waals surface area (Å²) < 4.78 is 18.0. The molecule has 3 nitrogen and oxygen atoms in total. The van der Waals surface area contributed by atoms with E-state index in [9.17, 15) is 0 Å². The van der Waals surface area contributed by atoms with E-state index in [1.165, 1.54) is 11.1 Å². The molecule has 2 aliphatic carbocycles. The Morgan fingerprint density at radius 3 is 2.63 bits per heavy atom. The summed E-state index contributed by atoms with van der Waals surface area (Å²) in [5.41, 5.74) is 2.56. The maximum atomic E-state index is 6.08. The van der Waals surface area contributed by atoms with E-state index in [4.69, 9.17) is 14.2 Å². The lowest BCUT2D eigenvalue weighted by Crippen LogP contribution is -2.32. The first-order chi connectivity index (χ1) is 9.14. The number of benzene rings is 1. The molecule has 1 aromatic rings. The minimum absolute atomic E-state index is 0.0590. The lowest BCUT2D eigenvalue weighted by Gasteiger charge is -2.22. The zero-order valence-corrected chi connectivity index (χ0v) is 11.2. The van der Waals surface area contributed by atoms with Crippen molar-refractivity contribution in [3.8, 4) is 0 Å². The summed E-state index contributed by atoms with van der Waals surface area (Å²) in [5.74, 6) is -0.0291. The topological polar surface area (TPSA) is 27.7 Å². The van der Waals surface area contributed by atoms with E-state index >= 15 is 0 Å². The zero-order chi connectivity index (χ0) is 13.0. The molecule has 1 heterocycles. The lowest BCUT2D eigenvalue weighted by molar-refractivity contribution is -0.161. The van der Waals surface area contributed by atoms with Crippen molar-refractivity contribution in [2.75, 3.05) is 0 Å². The molecule has 3 heteroatoms. The highest BCUT2D eigenvalue weighted by atomic mass is 16.8. The van der Waals surface area contributed by atoms with Crippen LogP contribution in [0.15, 0.2) is 42.0 Å². The molecule has 0 spiro atoms. The van der Waals surface area contributed by atoms with Crippen LogP contribution < -0.4 is 0 Å². The molecule has 1 saturated heterocycles. The van der Waals surface area contributed by atoms with Gasteiger partial charge in [0.2, 0.25) is 0 Å². The Bertz CT molecular complexity index is 520. The number of fused-ring (bicyclic) bond motifs is 3. The van der Waals surface area contributed by atoms with E-state index in [1.54, 1.807) is 0 Å². The zero-order valence-electron chi connectivity index (χ0n) is 11.2. The van der Waals surface area contributed by atoms with Crippen LogP contribution in [0.1, 0.15) is 19.4 Å². The van der Waals surface area contributed by atoms with Gasteiger partial charge >= 0.3 is 0 Å². The second-order valence-electron chi connectivity index (χ2n) is 5.97. The summed E-state index contributed by atoms with van der Waals surface area (Å²) in [7, 11) is 0. The molecule has 1 aliphatic heterocycles. The second-order valence-corrected chi connectivity index (χ2v) is 5.97. The molecule has 1 unspecified atom stereocenters. The minimum Gasteiger partial charge on any atom is -0.366 e. The van der Waals surface area contributed by atoms with Gasteiger partial charge in [0, 0.05) is 5.92 Å². The molecular weight excluding hydrogens is 240 g/mol. The molecule has 0 N–H and O–H groups in total. The van der Waals surface area contributed by atoms with Crippen LogP contribution in [-0.4, -0.2) is 24.1 Å². The summed E-state index contributed by atoms with van der Waals surface area (Å²) >= 11 is 0. The Balaban J connectivity index is 1.46. The Kier molecular flexibility index (Phi) is 2.40. The molecular formula is C16H18O3. The van der Waals surface area contributed by atoms with Crippen molar-refractivity contribution in [1.29, 1.82) is 0 Å². The predicted molar refractivity (Wildman–Crippen MR) is 70.4 cm³/mol. The fourth-order valence-corrected chi connectivity index (χ4v) is 3.20. The average molecular weight is 258 g/mol. The van der Waals surface area contributed by atoms with Crippen LogP contribution in [-0.2, 0) is 20.8 Å². The molecule has 4 atom stereocenters. The third-order valence-electron chi connectivity index (χ3n) is 4.06. The highest BCUT2D eigenvalue weighted by molar-refractivity contribution is 5.43. The van der Waals surface area contributed by atoms with Gasteiger partial charge in [0.05, 0.1) is 6.61 Å². The normalized spacial score (nSPS) is 37.7. The number of rotatable bonds is 3. The summed E-state index contributed by atoms with van der Waals surface area (Å²) in [4.78, 5) is 0. The van der Waals surface area contributed by atoms with Gasteiger partial charge in [0.25, 0.3) is 0 Å². The molecule has 19 heavy (non-hydrogen) atoms. The van der Waals surface area contributed by atoms with E-state index in [0.717, 1.165) is 0 Å². The van der Waals surface area contributed by atoms with Crippen LogP contribution in [0, 0.1) is 5.92 Å². The van der Waals surface area contributed by atoms with Gasteiger partial charge in [-0.3, -0.25) is 0 Å². The molecule has 0 radical (unpaired) electrons. The molecule has 0 aromatic heterocycles. The molecule has 100 valence electrons. The average Bonchev–Trinajstić information content (AvgIpc) is 3.02. The highest BCUT2D eigenvalue weighted by Crippen LogP contribution is 2.53.